The van der Waals surface area contributed by atoms with Crippen molar-refractivity contribution in [1.29, 1.82) is 0 Å². The molecule has 0 spiro atoms. The molecule has 1 aliphatic rings. The zero-order chi connectivity index (χ0) is 12.4. The lowest BCUT2D eigenvalue weighted by molar-refractivity contribution is -0.137. The maximum Gasteiger partial charge on any atom is 0.303 e. The van der Waals surface area contributed by atoms with Gasteiger partial charge in [0, 0.05) is 6.42 Å². The van der Waals surface area contributed by atoms with Gasteiger partial charge in [-0.3, -0.25) is 4.79 Å². The van der Waals surface area contributed by atoms with Crippen LogP contribution in [0.25, 0.3) is 0 Å². The van der Waals surface area contributed by atoms with Crippen LogP contribution >= 0.6 is 15.9 Å². The van der Waals surface area contributed by atoms with E-state index >= 15 is 0 Å². The van der Waals surface area contributed by atoms with Gasteiger partial charge < -0.3 is 19.7 Å². The number of phenolic OH excluding ortho intramolecular Hbond substituents is 1. The molecule has 1 aromatic carbocycles. The normalized spacial score (nSPS) is 12.8. The maximum atomic E-state index is 10.4. The lowest BCUT2D eigenvalue weighted by Crippen LogP contribution is -1.96. The smallest absolute Gasteiger partial charge is 0.303 e. The highest BCUT2D eigenvalue weighted by Crippen LogP contribution is 2.46. The van der Waals surface area contributed by atoms with Gasteiger partial charge in [-0.25, -0.2) is 0 Å². The van der Waals surface area contributed by atoms with E-state index in [1.165, 1.54) is 0 Å². The van der Waals surface area contributed by atoms with Crippen molar-refractivity contribution >= 4 is 21.9 Å². The molecule has 2 N–H and O–H groups in total. The lowest BCUT2D eigenvalue weighted by atomic mass is 10.1. The molecule has 17 heavy (non-hydrogen) atoms. The monoisotopic (exact) mass is 302 g/mol. The molecular weight excluding hydrogens is 292 g/mol. The highest BCUT2D eigenvalue weighted by molar-refractivity contribution is 9.10. The first-order chi connectivity index (χ1) is 8.09. The fraction of sp³-hybridized carbons (Fsp3) is 0.364. The van der Waals surface area contributed by atoms with Crippen molar-refractivity contribution in [3.8, 4) is 17.2 Å². The minimum Gasteiger partial charge on any atom is -0.506 e. The van der Waals surface area contributed by atoms with Crippen LogP contribution in [0.5, 0.6) is 17.2 Å². The number of phenols is 1. The van der Waals surface area contributed by atoms with Gasteiger partial charge >= 0.3 is 5.97 Å². The molecule has 0 unspecified atom stereocenters. The van der Waals surface area contributed by atoms with E-state index in [1.54, 1.807) is 6.07 Å². The Kier molecular flexibility index (Phi) is 3.42. The second kappa shape index (κ2) is 4.83. The summed E-state index contributed by atoms with van der Waals surface area (Å²) in [5, 5.41) is 18.5. The average Bonchev–Trinajstić information content (AvgIpc) is 2.72. The highest BCUT2D eigenvalue weighted by atomic mass is 79.9. The summed E-state index contributed by atoms with van der Waals surface area (Å²) >= 11 is 3.23. The molecule has 0 amide bonds. The first-order valence-corrected chi connectivity index (χ1v) is 5.90. The van der Waals surface area contributed by atoms with E-state index in [9.17, 15) is 9.90 Å². The third-order valence-electron chi connectivity index (χ3n) is 2.49. The third kappa shape index (κ3) is 2.46. The number of carboxylic acids is 1. The SMILES string of the molecule is O=C(O)CCCc1cc2c(c(Br)c1O)OCO2. The Morgan fingerprint density at radius 2 is 2.24 bits per heavy atom. The van der Waals surface area contributed by atoms with Crippen molar-refractivity contribution in [3.63, 3.8) is 0 Å². The van der Waals surface area contributed by atoms with Crippen molar-refractivity contribution in [2.45, 2.75) is 19.3 Å². The molecule has 2 rings (SSSR count). The number of fused-ring (bicyclic) bond motifs is 1. The second-order valence-electron chi connectivity index (χ2n) is 3.68. The Labute approximate surface area is 106 Å². The van der Waals surface area contributed by atoms with Crippen LogP contribution in [0.2, 0.25) is 0 Å². The first kappa shape index (κ1) is 12.0. The Morgan fingerprint density at radius 3 is 2.94 bits per heavy atom. The van der Waals surface area contributed by atoms with Crippen LogP contribution in [0.1, 0.15) is 18.4 Å². The quantitative estimate of drug-likeness (QED) is 0.892. The summed E-state index contributed by atoms with van der Waals surface area (Å²) in [7, 11) is 0. The number of aryl methyl sites for hydroxylation is 1. The van der Waals surface area contributed by atoms with Gasteiger partial charge in [0.25, 0.3) is 0 Å². The van der Waals surface area contributed by atoms with Crippen LogP contribution in [0, 0.1) is 0 Å². The van der Waals surface area contributed by atoms with Gasteiger partial charge in [0.1, 0.15) is 10.2 Å². The van der Waals surface area contributed by atoms with Crippen LogP contribution < -0.4 is 9.47 Å². The van der Waals surface area contributed by atoms with E-state index in [1.807, 2.05) is 0 Å². The van der Waals surface area contributed by atoms with Gasteiger partial charge in [-0.2, -0.15) is 0 Å². The van der Waals surface area contributed by atoms with Crippen LogP contribution in [0.3, 0.4) is 0 Å². The van der Waals surface area contributed by atoms with E-state index in [0.29, 0.717) is 34.4 Å². The number of hydrogen-bond acceptors (Lipinski definition) is 4. The van der Waals surface area contributed by atoms with E-state index < -0.39 is 5.97 Å². The summed E-state index contributed by atoms with van der Waals surface area (Å²) < 4.78 is 10.9. The molecular formula is C11H11BrO5. The number of aromatic hydroxyl groups is 1. The van der Waals surface area contributed by atoms with Crippen molar-refractivity contribution < 1.29 is 24.5 Å². The molecule has 0 saturated heterocycles. The molecule has 1 aromatic rings. The standard InChI is InChI=1S/C11H11BrO5/c12-9-10(15)6(2-1-3-8(13)14)4-7-11(9)17-5-16-7/h4,15H,1-3,5H2,(H,13,14). The molecule has 1 aliphatic heterocycles. The predicted octanol–water partition coefficient (Wildman–Crippen LogP) is 2.29. The molecule has 1 heterocycles. The molecule has 0 atom stereocenters. The molecule has 0 bridgehead atoms. The molecule has 0 aromatic heterocycles. The van der Waals surface area contributed by atoms with Gasteiger partial charge in [0.05, 0.1) is 0 Å². The summed E-state index contributed by atoms with van der Waals surface area (Å²) in [6.07, 6.45) is 1.02. The average molecular weight is 303 g/mol. The van der Waals surface area contributed by atoms with Gasteiger partial charge in [-0.1, -0.05) is 0 Å². The summed E-state index contributed by atoms with van der Waals surface area (Å²) in [6, 6.07) is 1.68. The molecule has 92 valence electrons. The number of carboxylic acid groups (broad SMARTS) is 1. The van der Waals surface area contributed by atoms with Crippen molar-refractivity contribution in [1.82, 2.24) is 0 Å². The minimum absolute atomic E-state index is 0.0749. The van der Waals surface area contributed by atoms with Crippen LogP contribution in [-0.4, -0.2) is 23.0 Å². The number of benzene rings is 1. The Balaban J connectivity index is 2.17. The summed E-state index contributed by atoms with van der Waals surface area (Å²) in [5.41, 5.74) is 0.655. The van der Waals surface area contributed by atoms with E-state index in [4.69, 9.17) is 14.6 Å². The van der Waals surface area contributed by atoms with Crippen LogP contribution in [0.15, 0.2) is 10.5 Å². The predicted molar refractivity (Wildman–Crippen MR) is 62.5 cm³/mol. The van der Waals surface area contributed by atoms with Crippen LogP contribution in [-0.2, 0) is 11.2 Å². The van der Waals surface area contributed by atoms with E-state index in [2.05, 4.69) is 15.9 Å². The molecule has 5 nitrogen and oxygen atoms in total. The van der Waals surface area contributed by atoms with E-state index in [-0.39, 0.29) is 19.0 Å². The third-order valence-corrected chi connectivity index (χ3v) is 3.23. The number of aliphatic carboxylic acids is 1. The zero-order valence-electron chi connectivity index (χ0n) is 8.90. The fourth-order valence-corrected chi connectivity index (χ4v) is 2.23. The van der Waals surface area contributed by atoms with Crippen molar-refractivity contribution in [2.24, 2.45) is 0 Å². The maximum absolute atomic E-state index is 10.4. The Hall–Kier alpha value is -1.43. The number of ether oxygens (including phenoxy) is 2. The van der Waals surface area contributed by atoms with Crippen LogP contribution in [0.4, 0.5) is 0 Å². The minimum atomic E-state index is -0.843. The van der Waals surface area contributed by atoms with Gasteiger partial charge in [-0.15, -0.1) is 0 Å². The Bertz CT molecular complexity index is 458. The molecule has 6 heteroatoms. The Morgan fingerprint density at radius 1 is 1.47 bits per heavy atom. The largest absolute Gasteiger partial charge is 0.506 e. The highest BCUT2D eigenvalue weighted by Gasteiger charge is 2.22. The molecule has 0 saturated carbocycles. The molecule has 0 fully saturated rings. The molecule has 0 radical (unpaired) electrons. The summed E-state index contributed by atoms with van der Waals surface area (Å²) in [5.74, 6) is 0.299. The number of rotatable bonds is 4. The first-order valence-electron chi connectivity index (χ1n) is 5.11. The molecule has 0 aliphatic carbocycles. The van der Waals surface area contributed by atoms with Crippen molar-refractivity contribution in [2.75, 3.05) is 6.79 Å². The zero-order valence-corrected chi connectivity index (χ0v) is 10.5. The number of halogens is 1. The van der Waals surface area contributed by atoms with Gasteiger partial charge in [0.15, 0.2) is 11.5 Å². The van der Waals surface area contributed by atoms with Gasteiger partial charge in [0.2, 0.25) is 6.79 Å². The van der Waals surface area contributed by atoms with Gasteiger partial charge in [-0.05, 0) is 40.4 Å². The lowest BCUT2D eigenvalue weighted by Gasteiger charge is -2.08. The van der Waals surface area contributed by atoms with E-state index in [0.717, 1.165) is 0 Å². The topological polar surface area (TPSA) is 76.0 Å². The second-order valence-corrected chi connectivity index (χ2v) is 4.47. The summed E-state index contributed by atoms with van der Waals surface area (Å²) in [6.45, 7) is 0.131. The fourth-order valence-electron chi connectivity index (χ4n) is 1.66. The summed E-state index contributed by atoms with van der Waals surface area (Å²) in [4.78, 5) is 10.4. The van der Waals surface area contributed by atoms with Crippen molar-refractivity contribution in [3.05, 3.63) is 16.1 Å². The number of hydrogen-bond donors (Lipinski definition) is 2. The number of carbonyl (C=O) groups is 1.